The summed E-state index contributed by atoms with van der Waals surface area (Å²) in [5, 5.41) is 3.06. The maximum atomic E-state index is 13.6. The minimum absolute atomic E-state index is 0.139. The van der Waals surface area contributed by atoms with Crippen molar-refractivity contribution in [3.8, 4) is 5.75 Å². The van der Waals surface area contributed by atoms with Gasteiger partial charge in [-0.05, 0) is 57.5 Å². The average Bonchev–Trinajstić information content (AvgIpc) is 2.78. The van der Waals surface area contributed by atoms with E-state index in [-0.39, 0.29) is 23.4 Å². The lowest BCUT2D eigenvalue weighted by Crippen LogP contribution is -2.45. The molecule has 3 aromatic rings. The summed E-state index contributed by atoms with van der Waals surface area (Å²) in [7, 11) is -3.96. The second kappa shape index (κ2) is 9.14. The van der Waals surface area contributed by atoms with Crippen LogP contribution < -0.4 is 14.4 Å². The normalized spacial score (nSPS) is 16.8. The molecule has 1 amide bonds. The van der Waals surface area contributed by atoms with Gasteiger partial charge in [-0.25, -0.2) is 8.42 Å². The maximum Gasteiger partial charge on any atom is 0.264 e. The molecule has 1 heterocycles. The SMILES string of the molecule is Cc1ccc(N(CC(=O)NC2CC(C)(C)Oc3ccccc32)S(=O)(=O)c2ccccc2)c(C)c1. The molecule has 1 atom stereocenters. The van der Waals surface area contributed by atoms with Crippen LogP contribution in [0.25, 0.3) is 0 Å². The molecule has 4 rings (SSSR count). The van der Waals surface area contributed by atoms with E-state index in [0.717, 1.165) is 22.4 Å². The van der Waals surface area contributed by atoms with Crippen LogP contribution in [-0.2, 0) is 14.8 Å². The minimum atomic E-state index is -3.96. The first-order valence-electron chi connectivity index (χ1n) is 11.3. The van der Waals surface area contributed by atoms with Crippen LogP contribution in [0.5, 0.6) is 5.75 Å². The summed E-state index contributed by atoms with van der Waals surface area (Å²) < 4.78 is 34.5. The van der Waals surface area contributed by atoms with E-state index in [1.807, 2.05) is 64.1 Å². The maximum absolute atomic E-state index is 13.6. The number of anilines is 1. The topological polar surface area (TPSA) is 75.7 Å². The summed E-state index contributed by atoms with van der Waals surface area (Å²) in [6.07, 6.45) is 0.574. The number of nitrogens with one attached hydrogen (secondary N) is 1. The molecule has 0 aromatic heterocycles. The van der Waals surface area contributed by atoms with Crippen LogP contribution in [0.4, 0.5) is 5.69 Å². The molecule has 1 aliphatic rings. The number of benzene rings is 3. The first-order chi connectivity index (χ1) is 16.1. The van der Waals surface area contributed by atoms with E-state index in [4.69, 9.17) is 4.74 Å². The lowest BCUT2D eigenvalue weighted by Gasteiger charge is -2.38. The quantitative estimate of drug-likeness (QED) is 0.546. The van der Waals surface area contributed by atoms with Crippen molar-refractivity contribution in [3.63, 3.8) is 0 Å². The molecule has 0 saturated heterocycles. The van der Waals surface area contributed by atoms with E-state index in [1.54, 1.807) is 36.4 Å². The number of carbonyl (C=O) groups excluding carboxylic acids is 1. The third kappa shape index (κ3) is 4.94. The number of para-hydroxylation sites is 1. The standard InChI is InChI=1S/C27H30N2O4S/c1-19-14-15-24(20(2)16-19)29(34(31,32)21-10-6-5-7-11-21)18-26(30)28-23-17-27(3,4)33-25-13-9-8-12-22(23)25/h5-16,23H,17-18H2,1-4H3,(H,28,30). The van der Waals surface area contributed by atoms with Crippen molar-refractivity contribution in [2.75, 3.05) is 10.8 Å². The Morgan fingerprint density at radius 3 is 2.41 bits per heavy atom. The molecule has 0 spiro atoms. The summed E-state index contributed by atoms with van der Waals surface area (Å²) in [4.78, 5) is 13.5. The molecule has 1 aliphatic heterocycles. The van der Waals surface area contributed by atoms with Gasteiger partial charge in [0.1, 0.15) is 17.9 Å². The Hall–Kier alpha value is -3.32. The second-order valence-electron chi connectivity index (χ2n) is 9.34. The van der Waals surface area contributed by atoms with E-state index >= 15 is 0 Å². The van der Waals surface area contributed by atoms with Gasteiger partial charge in [0.15, 0.2) is 0 Å². The van der Waals surface area contributed by atoms with Crippen molar-refractivity contribution in [2.45, 2.75) is 50.7 Å². The minimum Gasteiger partial charge on any atom is -0.487 e. The number of hydrogen-bond donors (Lipinski definition) is 1. The fourth-order valence-corrected chi connectivity index (χ4v) is 5.91. The Kier molecular flexibility index (Phi) is 6.41. The number of nitrogens with zero attached hydrogens (tertiary/aromatic N) is 1. The van der Waals surface area contributed by atoms with Crippen molar-refractivity contribution < 1.29 is 17.9 Å². The van der Waals surface area contributed by atoms with E-state index < -0.39 is 15.6 Å². The molecule has 0 aliphatic carbocycles. The molecule has 1 unspecified atom stereocenters. The number of amides is 1. The Labute approximate surface area is 201 Å². The third-order valence-electron chi connectivity index (χ3n) is 5.95. The van der Waals surface area contributed by atoms with Gasteiger partial charge in [-0.1, -0.05) is 54.1 Å². The number of hydrogen-bond acceptors (Lipinski definition) is 4. The summed E-state index contributed by atoms with van der Waals surface area (Å²) in [5.74, 6) is 0.351. The molecule has 7 heteroatoms. The van der Waals surface area contributed by atoms with Crippen LogP contribution in [0.2, 0.25) is 0 Å². The Morgan fingerprint density at radius 1 is 1.03 bits per heavy atom. The Bertz CT molecular complexity index is 1300. The predicted octanol–water partition coefficient (Wildman–Crippen LogP) is 4.92. The molecule has 0 bridgehead atoms. The van der Waals surface area contributed by atoms with Gasteiger partial charge in [0.2, 0.25) is 5.91 Å². The van der Waals surface area contributed by atoms with Crippen LogP contribution in [0.1, 0.15) is 43.0 Å². The lowest BCUT2D eigenvalue weighted by atomic mass is 9.89. The molecule has 1 N–H and O–H groups in total. The van der Waals surface area contributed by atoms with Crippen LogP contribution in [0.15, 0.2) is 77.7 Å². The zero-order chi connectivity index (χ0) is 24.5. The van der Waals surface area contributed by atoms with Crippen molar-refractivity contribution in [2.24, 2.45) is 0 Å². The number of aryl methyl sites for hydroxylation is 2. The van der Waals surface area contributed by atoms with Gasteiger partial charge in [0.25, 0.3) is 10.0 Å². The molecular weight excluding hydrogens is 448 g/mol. The zero-order valence-corrected chi connectivity index (χ0v) is 20.7. The summed E-state index contributed by atoms with van der Waals surface area (Å²) >= 11 is 0. The largest absolute Gasteiger partial charge is 0.487 e. The van der Waals surface area contributed by atoms with Crippen molar-refractivity contribution in [3.05, 3.63) is 89.5 Å². The highest BCUT2D eigenvalue weighted by Crippen LogP contribution is 2.39. The summed E-state index contributed by atoms with van der Waals surface area (Å²) in [5.41, 5.74) is 2.71. The van der Waals surface area contributed by atoms with Crippen LogP contribution in [0, 0.1) is 13.8 Å². The van der Waals surface area contributed by atoms with Gasteiger partial charge in [0, 0.05) is 12.0 Å². The fraction of sp³-hybridized carbons (Fsp3) is 0.296. The number of fused-ring (bicyclic) bond motifs is 1. The molecule has 0 fully saturated rings. The number of sulfonamides is 1. The molecule has 3 aromatic carbocycles. The highest BCUT2D eigenvalue weighted by Gasteiger charge is 2.35. The van der Waals surface area contributed by atoms with E-state index in [2.05, 4.69) is 5.32 Å². The Balaban J connectivity index is 1.67. The highest BCUT2D eigenvalue weighted by atomic mass is 32.2. The van der Waals surface area contributed by atoms with Gasteiger partial charge in [-0.2, -0.15) is 0 Å². The van der Waals surface area contributed by atoms with Crippen molar-refractivity contribution >= 4 is 21.6 Å². The average molecular weight is 479 g/mol. The van der Waals surface area contributed by atoms with Gasteiger partial charge in [-0.3, -0.25) is 9.10 Å². The second-order valence-corrected chi connectivity index (χ2v) is 11.2. The predicted molar refractivity (Wildman–Crippen MR) is 134 cm³/mol. The number of rotatable bonds is 6. The van der Waals surface area contributed by atoms with Gasteiger partial charge >= 0.3 is 0 Å². The van der Waals surface area contributed by atoms with Crippen molar-refractivity contribution in [1.82, 2.24) is 5.32 Å². The van der Waals surface area contributed by atoms with E-state index in [1.165, 1.54) is 4.31 Å². The molecule has 178 valence electrons. The Morgan fingerprint density at radius 2 is 1.71 bits per heavy atom. The van der Waals surface area contributed by atoms with E-state index in [0.29, 0.717) is 12.1 Å². The monoisotopic (exact) mass is 478 g/mol. The molecular formula is C27H30N2O4S. The first-order valence-corrected chi connectivity index (χ1v) is 12.7. The van der Waals surface area contributed by atoms with Gasteiger partial charge in [0.05, 0.1) is 16.6 Å². The zero-order valence-electron chi connectivity index (χ0n) is 19.9. The van der Waals surface area contributed by atoms with Gasteiger partial charge < -0.3 is 10.1 Å². The van der Waals surface area contributed by atoms with E-state index in [9.17, 15) is 13.2 Å². The molecule has 34 heavy (non-hydrogen) atoms. The smallest absolute Gasteiger partial charge is 0.264 e. The molecule has 0 saturated carbocycles. The summed E-state index contributed by atoms with van der Waals surface area (Å²) in [6, 6.07) is 21.0. The van der Waals surface area contributed by atoms with Crippen LogP contribution >= 0.6 is 0 Å². The molecule has 0 radical (unpaired) electrons. The lowest BCUT2D eigenvalue weighted by molar-refractivity contribution is -0.120. The fourth-order valence-electron chi connectivity index (χ4n) is 4.41. The highest BCUT2D eigenvalue weighted by molar-refractivity contribution is 7.92. The summed E-state index contributed by atoms with van der Waals surface area (Å²) in [6.45, 7) is 7.42. The molecule has 6 nitrogen and oxygen atoms in total. The van der Waals surface area contributed by atoms with Crippen molar-refractivity contribution in [1.29, 1.82) is 0 Å². The first kappa shape index (κ1) is 23.8. The van der Waals surface area contributed by atoms with Crippen LogP contribution in [0.3, 0.4) is 0 Å². The third-order valence-corrected chi connectivity index (χ3v) is 7.72. The number of carbonyl (C=O) groups is 1. The number of ether oxygens (including phenoxy) is 1. The van der Waals surface area contributed by atoms with Crippen LogP contribution in [-0.4, -0.2) is 26.5 Å². The van der Waals surface area contributed by atoms with Gasteiger partial charge in [-0.15, -0.1) is 0 Å².